The monoisotopic (exact) mass is 390 g/mol. The summed E-state index contributed by atoms with van der Waals surface area (Å²) in [5.41, 5.74) is 3.87. The molecule has 164 valence electrons. The van der Waals surface area contributed by atoms with E-state index in [1.165, 1.54) is 16.8 Å². The Morgan fingerprint density at radius 1 is 0.821 bits per heavy atom. The molecule has 0 radical (unpaired) electrons. The average molecular weight is 391 g/mol. The van der Waals surface area contributed by atoms with Crippen LogP contribution in [0.15, 0.2) is 61.9 Å². The molecule has 0 unspecified atom stereocenters. The summed E-state index contributed by atoms with van der Waals surface area (Å²) in [4.78, 5) is 0. The van der Waals surface area contributed by atoms with Crippen molar-refractivity contribution in [3.63, 3.8) is 0 Å². The zero-order chi connectivity index (χ0) is 23.4. The van der Waals surface area contributed by atoms with Crippen molar-refractivity contribution >= 4 is 5.71 Å². The highest BCUT2D eigenvalue weighted by Gasteiger charge is 2.04. The van der Waals surface area contributed by atoms with Crippen LogP contribution >= 0.6 is 0 Å². The molecule has 0 bridgehead atoms. The van der Waals surface area contributed by atoms with Gasteiger partial charge in [-0.2, -0.15) is 0 Å². The first-order valence-corrected chi connectivity index (χ1v) is 11.1. The Morgan fingerprint density at radius 2 is 1.21 bits per heavy atom. The van der Waals surface area contributed by atoms with Crippen LogP contribution in [0.25, 0.3) is 0 Å². The summed E-state index contributed by atoms with van der Waals surface area (Å²) in [6.45, 7) is 29.7. The Hall–Kier alpha value is -1.89. The van der Waals surface area contributed by atoms with E-state index in [4.69, 9.17) is 0 Å². The highest BCUT2D eigenvalue weighted by molar-refractivity contribution is 5.90. The first kappa shape index (κ1) is 36.9. The van der Waals surface area contributed by atoms with Gasteiger partial charge in [-0.15, -0.1) is 0 Å². The highest BCUT2D eigenvalue weighted by atomic mass is 14.9. The van der Waals surface area contributed by atoms with Crippen LogP contribution in [0.3, 0.4) is 0 Å². The molecule has 1 aromatic rings. The van der Waals surface area contributed by atoms with E-state index in [1.54, 1.807) is 0 Å². The zero-order valence-corrected chi connectivity index (χ0v) is 21.4. The van der Waals surface area contributed by atoms with Gasteiger partial charge >= 0.3 is 0 Å². The molecule has 0 N–H and O–H groups in total. The van der Waals surface area contributed by atoms with E-state index in [0.29, 0.717) is 0 Å². The average Bonchev–Trinajstić information content (AvgIpc) is 2.80. The lowest BCUT2D eigenvalue weighted by atomic mass is 10.1. The molecule has 1 aromatic carbocycles. The number of rotatable bonds is 5. The lowest BCUT2D eigenvalue weighted by Gasteiger charge is -2.01. The van der Waals surface area contributed by atoms with Gasteiger partial charge in [0.05, 0.1) is 0 Å². The molecule has 1 nitrogen and oxygen atoms in total. The number of benzene rings is 1. The van der Waals surface area contributed by atoms with Crippen LogP contribution < -0.4 is 0 Å². The van der Waals surface area contributed by atoms with E-state index in [1.807, 2.05) is 105 Å². The van der Waals surface area contributed by atoms with Gasteiger partial charge in [-0.25, -0.2) is 4.58 Å². The summed E-state index contributed by atoms with van der Waals surface area (Å²) in [6, 6.07) is 8.67. The quantitative estimate of drug-likeness (QED) is 0.268. The van der Waals surface area contributed by atoms with Gasteiger partial charge < -0.3 is 0 Å². The molecule has 0 aliphatic heterocycles. The van der Waals surface area contributed by atoms with Gasteiger partial charge in [-0.1, -0.05) is 104 Å². The van der Waals surface area contributed by atoms with Crippen LogP contribution in [-0.4, -0.2) is 17.3 Å². The fourth-order valence-electron chi connectivity index (χ4n) is 1.57. The zero-order valence-electron chi connectivity index (χ0n) is 21.4. The number of aryl methyl sites for hydroxylation is 2. The first-order chi connectivity index (χ1) is 13.6. The Bertz CT molecular complexity index is 458. The Balaban J connectivity index is -0.000000124. The number of nitrogens with zero attached hydrogens (tertiary/aromatic N) is 1. The maximum atomic E-state index is 3.83. The summed E-state index contributed by atoms with van der Waals surface area (Å²) in [5.74, 6) is 0. The topological polar surface area (TPSA) is 3.01 Å². The third kappa shape index (κ3) is 26.3. The smallest absolute Gasteiger partial charge is 0.180 e. The fraction of sp³-hybridized carbons (Fsp3) is 0.519. The van der Waals surface area contributed by atoms with E-state index in [9.17, 15) is 0 Å². The third-order valence-electron chi connectivity index (χ3n) is 3.09. The molecular formula is C27H52N+. The first-order valence-electron chi connectivity index (χ1n) is 11.1. The van der Waals surface area contributed by atoms with Gasteiger partial charge in [0.15, 0.2) is 11.9 Å². The summed E-state index contributed by atoms with van der Waals surface area (Å²) < 4.78 is 2.02. The van der Waals surface area contributed by atoms with E-state index in [0.717, 1.165) is 12.8 Å². The van der Waals surface area contributed by atoms with Crippen LogP contribution in [0.5, 0.6) is 0 Å². The molecule has 0 saturated heterocycles. The van der Waals surface area contributed by atoms with Crippen molar-refractivity contribution in [2.75, 3.05) is 7.05 Å². The van der Waals surface area contributed by atoms with Crippen molar-refractivity contribution in [1.29, 1.82) is 0 Å². The molecular weight excluding hydrogens is 338 g/mol. The summed E-state index contributed by atoms with van der Waals surface area (Å²) in [6.07, 6.45) is 9.75. The normalized spacial score (nSPS) is 9.00. The van der Waals surface area contributed by atoms with Gasteiger partial charge in [0, 0.05) is 6.42 Å². The maximum absolute atomic E-state index is 3.83. The Kier molecular flexibility index (Phi) is 47.6. The van der Waals surface area contributed by atoms with Crippen molar-refractivity contribution < 1.29 is 4.58 Å². The molecule has 0 amide bonds. The lowest BCUT2D eigenvalue weighted by molar-refractivity contribution is -0.422. The Morgan fingerprint density at radius 3 is 1.50 bits per heavy atom. The van der Waals surface area contributed by atoms with Crippen LogP contribution in [0.4, 0.5) is 0 Å². The van der Waals surface area contributed by atoms with Gasteiger partial charge in [-0.05, 0) is 45.4 Å². The number of hydrogen-bond acceptors (Lipinski definition) is 0. The van der Waals surface area contributed by atoms with Crippen LogP contribution in [0.1, 0.15) is 86.8 Å². The summed E-state index contributed by atoms with van der Waals surface area (Å²) in [7, 11) is 2.00. The molecule has 0 atom stereocenters. The van der Waals surface area contributed by atoms with Crippen molar-refractivity contribution in [2.24, 2.45) is 0 Å². The molecule has 0 heterocycles. The molecule has 0 aromatic heterocycles. The van der Waals surface area contributed by atoms with Gasteiger partial charge in [0.2, 0.25) is 0 Å². The van der Waals surface area contributed by atoms with E-state index < -0.39 is 0 Å². The molecule has 28 heavy (non-hydrogen) atoms. The van der Waals surface area contributed by atoms with E-state index >= 15 is 0 Å². The molecule has 1 rings (SSSR count). The SMILES string of the molecule is C/C=C\C.C=CC(CCc1ccc(C)cc1)=[N+](C)C=C.CC.CC.CC.CC. The molecule has 0 aliphatic carbocycles. The highest BCUT2D eigenvalue weighted by Crippen LogP contribution is 2.06. The van der Waals surface area contributed by atoms with Crippen molar-refractivity contribution in [3.8, 4) is 0 Å². The van der Waals surface area contributed by atoms with Crippen LogP contribution in [0.2, 0.25) is 0 Å². The van der Waals surface area contributed by atoms with Crippen molar-refractivity contribution in [2.45, 2.75) is 89.0 Å². The van der Waals surface area contributed by atoms with Gasteiger partial charge in [0.1, 0.15) is 7.05 Å². The minimum atomic E-state index is 0.995. The standard InChI is InChI=1S/C15H20N.C4H8.4C2H6/c1-5-15(16(4)6-2)12-11-14-9-7-13(3)8-10-14;1-3-4-2;4*1-2/h5-10H,1-2,11-12H2,3-4H3;3-4H,1-2H3;4*1-2H3/q+1;;;;;/b;4-3-;;;;. The molecule has 1 heteroatoms. The van der Waals surface area contributed by atoms with Crippen LogP contribution in [-0.2, 0) is 6.42 Å². The predicted octanol–water partition coefficient (Wildman–Crippen LogP) is 9.03. The third-order valence-corrected chi connectivity index (χ3v) is 3.09. The molecule has 0 aliphatic rings. The molecule has 0 fully saturated rings. The fourth-order valence-corrected chi connectivity index (χ4v) is 1.57. The van der Waals surface area contributed by atoms with Crippen LogP contribution in [0, 0.1) is 6.92 Å². The predicted molar refractivity (Wildman–Crippen MR) is 137 cm³/mol. The van der Waals surface area contributed by atoms with E-state index in [2.05, 4.69) is 44.3 Å². The second-order valence-corrected chi connectivity index (χ2v) is 4.64. The molecule has 0 spiro atoms. The minimum absolute atomic E-state index is 0.995. The maximum Gasteiger partial charge on any atom is 0.180 e. The van der Waals surface area contributed by atoms with Gasteiger partial charge in [-0.3, -0.25) is 0 Å². The number of hydrogen-bond donors (Lipinski definition) is 0. The second-order valence-electron chi connectivity index (χ2n) is 4.64. The summed E-state index contributed by atoms with van der Waals surface area (Å²) in [5, 5.41) is 0. The van der Waals surface area contributed by atoms with E-state index in [-0.39, 0.29) is 0 Å². The minimum Gasteiger partial charge on any atom is -0.206 e. The van der Waals surface area contributed by atoms with Crippen molar-refractivity contribution in [3.05, 3.63) is 73.0 Å². The second kappa shape index (κ2) is 36.1. The Labute approximate surface area is 179 Å². The number of allylic oxidation sites excluding steroid dienone is 3. The van der Waals surface area contributed by atoms with Gasteiger partial charge in [0.25, 0.3) is 0 Å². The molecule has 0 saturated carbocycles. The largest absolute Gasteiger partial charge is 0.206 e. The summed E-state index contributed by atoms with van der Waals surface area (Å²) >= 11 is 0. The lowest BCUT2D eigenvalue weighted by Crippen LogP contribution is -2.10. The van der Waals surface area contributed by atoms with Crippen molar-refractivity contribution in [1.82, 2.24) is 0 Å².